The van der Waals surface area contributed by atoms with E-state index in [1.807, 2.05) is 54.6 Å². The van der Waals surface area contributed by atoms with Gasteiger partial charge in [0.1, 0.15) is 11.6 Å². The van der Waals surface area contributed by atoms with Crippen molar-refractivity contribution in [2.45, 2.75) is 22.2 Å². The average molecular weight is 434 g/mol. The highest BCUT2D eigenvalue weighted by Gasteiger charge is 2.14. The van der Waals surface area contributed by atoms with Crippen molar-refractivity contribution in [3.63, 3.8) is 0 Å². The van der Waals surface area contributed by atoms with E-state index in [-0.39, 0.29) is 0 Å². The first-order valence-electron chi connectivity index (χ1n) is 9.88. The Labute approximate surface area is 185 Å². The third-order valence-electron chi connectivity index (χ3n) is 4.36. The molecule has 0 aliphatic carbocycles. The van der Waals surface area contributed by atoms with Crippen LogP contribution in [0.1, 0.15) is 12.2 Å². The second kappa shape index (κ2) is 10.9. The number of para-hydroxylation sites is 2. The van der Waals surface area contributed by atoms with E-state index in [0.717, 1.165) is 40.3 Å². The molecule has 4 aromatic rings. The Morgan fingerprint density at radius 2 is 1.40 bits per heavy atom. The van der Waals surface area contributed by atoms with Crippen LogP contribution in [-0.2, 0) is 5.75 Å². The minimum Gasteiger partial charge on any atom is -0.494 e. The number of ether oxygens (including phenoxy) is 1. The molecule has 0 fully saturated rings. The van der Waals surface area contributed by atoms with Gasteiger partial charge in [0.05, 0.1) is 12.4 Å². The van der Waals surface area contributed by atoms with Crippen molar-refractivity contribution >= 4 is 23.5 Å². The molecule has 6 heteroatoms. The molecule has 0 aliphatic rings. The summed E-state index contributed by atoms with van der Waals surface area (Å²) in [6, 6.07) is 30.6. The predicted octanol–water partition coefficient (Wildman–Crippen LogP) is 6.12. The number of thioether (sulfide) groups is 2. The second-order valence-electron chi connectivity index (χ2n) is 6.54. The van der Waals surface area contributed by atoms with Gasteiger partial charge >= 0.3 is 0 Å². The molecule has 0 atom stereocenters. The molecule has 0 saturated carbocycles. The first kappa shape index (κ1) is 20.6. The molecule has 152 valence electrons. The fourth-order valence-electron chi connectivity index (χ4n) is 2.92. The lowest BCUT2D eigenvalue weighted by molar-refractivity contribution is 0.318. The van der Waals surface area contributed by atoms with Crippen molar-refractivity contribution in [2.24, 2.45) is 0 Å². The lowest BCUT2D eigenvalue weighted by Gasteiger charge is -2.10. The van der Waals surface area contributed by atoms with Crippen molar-refractivity contribution in [3.05, 3.63) is 96.8 Å². The van der Waals surface area contributed by atoms with Gasteiger partial charge in [0.15, 0.2) is 5.16 Å². The molecule has 0 spiro atoms. The number of hydrogen-bond donors (Lipinski definition) is 0. The van der Waals surface area contributed by atoms with Crippen LogP contribution in [0.25, 0.3) is 5.69 Å². The van der Waals surface area contributed by atoms with E-state index in [0.29, 0.717) is 6.61 Å². The lowest BCUT2D eigenvalue weighted by atomic mass is 10.3. The van der Waals surface area contributed by atoms with Crippen molar-refractivity contribution in [3.8, 4) is 11.4 Å². The summed E-state index contributed by atoms with van der Waals surface area (Å²) < 4.78 is 7.96. The van der Waals surface area contributed by atoms with E-state index >= 15 is 0 Å². The molecule has 4 rings (SSSR count). The van der Waals surface area contributed by atoms with Crippen LogP contribution in [0.15, 0.2) is 101 Å². The Kier molecular flexibility index (Phi) is 7.47. The van der Waals surface area contributed by atoms with Gasteiger partial charge in [-0.25, -0.2) is 0 Å². The molecular weight excluding hydrogens is 410 g/mol. The van der Waals surface area contributed by atoms with Crippen LogP contribution in [0.2, 0.25) is 0 Å². The molecular formula is C24H23N3OS2. The zero-order chi connectivity index (χ0) is 20.4. The molecule has 3 aromatic carbocycles. The zero-order valence-electron chi connectivity index (χ0n) is 16.6. The van der Waals surface area contributed by atoms with Crippen molar-refractivity contribution < 1.29 is 4.74 Å². The van der Waals surface area contributed by atoms with Gasteiger partial charge in [-0.05, 0) is 42.8 Å². The summed E-state index contributed by atoms with van der Waals surface area (Å²) in [4.78, 5) is 1.23. The monoisotopic (exact) mass is 433 g/mol. The van der Waals surface area contributed by atoms with Crippen molar-refractivity contribution in [1.29, 1.82) is 0 Å². The van der Waals surface area contributed by atoms with Gasteiger partial charge in [0.25, 0.3) is 0 Å². The predicted molar refractivity (Wildman–Crippen MR) is 125 cm³/mol. The standard InChI is InChI=1S/C24H23N3OS2/c1-4-11-20(12-5-1)27-23(19-30-22-15-8-3-9-16-22)25-26-24(27)29-18-10-17-28-21-13-6-2-7-14-21/h1-9,11-16H,10,17-19H2. The molecule has 0 radical (unpaired) electrons. The molecule has 0 aliphatic heterocycles. The molecule has 0 unspecified atom stereocenters. The van der Waals surface area contributed by atoms with Crippen molar-refractivity contribution in [1.82, 2.24) is 14.8 Å². The minimum atomic E-state index is 0.688. The maximum Gasteiger partial charge on any atom is 0.195 e. The second-order valence-corrected chi connectivity index (χ2v) is 8.65. The normalized spacial score (nSPS) is 10.8. The van der Waals surface area contributed by atoms with Gasteiger partial charge in [-0.15, -0.1) is 22.0 Å². The molecule has 1 heterocycles. The van der Waals surface area contributed by atoms with Gasteiger partial charge in [-0.3, -0.25) is 4.57 Å². The van der Waals surface area contributed by atoms with Crippen LogP contribution in [-0.4, -0.2) is 27.1 Å². The minimum absolute atomic E-state index is 0.688. The highest BCUT2D eigenvalue weighted by atomic mass is 32.2. The molecule has 0 saturated heterocycles. The zero-order valence-corrected chi connectivity index (χ0v) is 18.2. The fraction of sp³-hybridized carbons (Fsp3) is 0.167. The summed E-state index contributed by atoms with van der Waals surface area (Å²) in [6.07, 6.45) is 0.940. The van der Waals surface area contributed by atoms with Crippen LogP contribution < -0.4 is 4.74 Å². The van der Waals surface area contributed by atoms with Gasteiger partial charge in [0.2, 0.25) is 0 Å². The summed E-state index contributed by atoms with van der Waals surface area (Å²) in [6.45, 7) is 0.688. The van der Waals surface area contributed by atoms with Crippen LogP contribution in [0, 0.1) is 0 Å². The Hall–Kier alpha value is -2.70. The third kappa shape index (κ3) is 5.68. The summed E-state index contributed by atoms with van der Waals surface area (Å²) in [5.41, 5.74) is 1.09. The van der Waals surface area contributed by atoms with E-state index in [4.69, 9.17) is 4.74 Å². The highest BCUT2D eigenvalue weighted by molar-refractivity contribution is 7.99. The Balaban J connectivity index is 1.40. The van der Waals surface area contributed by atoms with E-state index < -0.39 is 0 Å². The maximum atomic E-state index is 5.79. The number of aromatic nitrogens is 3. The number of nitrogens with zero attached hydrogens (tertiary/aromatic N) is 3. The lowest BCUT2D eigenvalue weighted by Crippen LogP contribution is -2.03. The molecule has 1 aromatic heterocycles. The number of hydrogen-bond acceptors (Lipinski definition) is 5. The smallest absolute Gasteiger partial charge is 0.195 e. The summed E-state index contributed by atoms with van der Waals surface area (Å²) >= 11 is 3.49. The maximum absolute atomic E-state index is 5.79. The van der Waals surface area contributed by atoms with Gasteiger partial charge in [0, 0.05) is 16.3 Å². The number of benzene rings is 3. The molecule has 0 N–H and O–H groups in total. The fourth-order valence-corrected chi connectivity index (χ4v) is 4.63. The average Bonchev–Trinajstić information content (AvgIpc) is 3.22. The molecule has 4 nitrogen and oxygen atoms in total. The summed E-state index contributed by atoms with van der Waals surface area (Å²) in [5.74, 6) is 3.56. The van der Waals surface area contributed by atoms with Gasteiger partial charge in [-0.2, -0.15) is 0 Å². The van der Waals surface area contributed by atoms with E-state index in [9.17, 15) is 0 Å². The topological polar surface area (TPSA) is 39.9 Å². The first-order chi connectivity index (χ1) is 14.9. The highest BCUT2D eigenvalue weighted by Crippen LogP contribution is 2.27. The molecule has 0 bridgehead atoms. The van der Waals surface area contributed by atoms with E-state index in [1.165, 1.54) is 4.90 Å². The Bertz CT molecular complexity index is 1020. The Morgan fingerprint density at radius 3 is 2.13 bits per heavy atom. The first-order valence-corrected chi connectivity index (χ1v) is 11.9. The summed E-state index contributed by atoms with van der Waals surface area (Å²) in [7, 11) is 0. The third-order valence-corrected chi connectivity index (χ3v) is 6.38. The van der Waals surface area contributed by atoms with E-state index in [2.05, 4.69) is 51.2 Å². The van der Waals surface area contributed by atoms with Crippen LogP contribution >= 0.6 is 23.5 Å². The van der Waals surface area contributed by atoms with Crippen molar-refractivity contribution in [2.75, 3.05) is 12.4 Å². The SMILES string of the molecule is c1ccc(OCCCSc2nnc(CSc3ccccc3)n2-c2ccccc2)cc1. The largest absolute Gasteiger partial charge is 0.494 e. The number of rotatable bonds is 10. The van der Waals surface area contributed by atoms with E-state index in [1.54, 1.807) is 23.5 Å². The Morgan fingerprint density at radius 1 is 0.733 bits per heavy atom. The van der Waals surface area contributed by atoms with Crippen LogP contribution in [0.4, 0.5) is 0 Å². The van der Waals surface area contributed by atoms with Gasteiger partial charge in [-0.1, -0.05) is 66.4 Å². The molecule has 30 heavy (non-hydrogen) atoms. The van der Waals surface area contributed by atoms with Crippen LogP contribution in [0.5, 0.6) is 5.75 Å². The van der Waals surface area contributed by atoms with Gasteiger partial charge < -0.3 is 4.74 Å². The van der Waals surface area contributed by atoms with Crippen LogP contribution in [0.3, 0.4) is 0 Å². The summed E-state index contributed by atoms with van der Waals surface area (Å²) in [5, 5.41) is 9.90. The molecule has 0 amide bonds. The quantitative estimate of drug-likeness (QED) is 0.222.